The van der Waals surface area contributed by atoms with Crippen LogP contribution < -0.4 is 0 Å². The second kappa shape index (κ2) is 10.00. The van der Waals surface area contributed by atoms with Crippen LogP contribution in [0.25, 0.3) is 0 Å². The third-order valence-corrected chi connectivity index (χ3v) is 11.2. The van der Waals surface area contributed by atoms with Gasteiger partial charge < -0.3 is 0 Å². The summed E-state index contributed by atoms with van der Waals surface area (Å²) >= 11 is 0. The van der Waals surface area contributed by atoms with Crippen molar-refractivity contribution in [3.63, 3.8) is 0 Å². The Bertz CT molecular complexity index is 682. The summed E-state index contributed by atoms with van der Waals surface area (Å²) in [6, 6.07) is 0. The zero-order valence-corrected chi connectivity index (χ0v) is 22.4. The highest BCUT2D eigenvalue weighted by molar-refractivity contribution is 5.25. The smallest absolute Gasteiger partial charge is 0.00851 e. The molecule has 0 aromatic heterocycles. The van der Waals surface area contributed by atoms with Crippen molar-refractivity contribution in [1.82, 2.24) is 0 Å². The molecule has 0 aliphatic heterocycles. The molecule has 4 aliphatic rings. The molecular formula is C32H54. The van der Waals surface area contributed by atoms with E-state index in [4.69, 9.17) is 0 Å². The first-order chi connectivity index (χ1) is 15.3. The minimum absolute atomic E-state index is 0.516. The zero-order chi connectivity index (χ0) is 22.9. The number of rotatable bonds is 9. The average Bonchev–Trinajstić information content (AvgIpc) is 3.08. The first-order valence-electron chi connectivity index (χ1n) is 14.6. The second-order valence-electron chi connectivity index (χ2n) is 13.6. The number of hydrogen-bond donors (Lipinski definition) is 0. The number of hydrogen-bond acceptors (Lipinski definition) is 0. The standard InChI is InChI=1S/C32H54/c1-7-10-24(4)21-25-17-19-32(6)27(22-25)13-15-28-29-16-14-26(12-9-8-11-23(2)3)31(29,5)20-18-30(28)32/h13,23,25-26,28-30H,4,7-12,14-22H2,1-3,5-6H3. The van der Waals surface area contributed by atoms with Crippen LogP contribution in [0, 0.1) is 46.3 Å². The number of allylic oxidation sites excluding steroid dienone is 3. The molecule has 4 rings (SSSR count). The Morgan fingerprint density at radius 3 is 2.62 bits per heavy atom. The molecule has 0 N–H and O–H groups in total. The maximum Gasteiger partial charge on any atom is -0.00851 e. The van der Waals surface area contributed by atoms with E-state index in [1.54, 1.807) is 0 Å². The van der Waals surface area contributed by atoms with Crippen molar-refractivity contribution in [3.05, 3.63) is 23.8 Å². The molecule has 0 aromatic rings. The van der Waals surface area contributed by atoms with Crippen LogP contribution in [0.5, 0.6) is 0 Å². The normalized spacial score (nSPS) is 41.1. The molecule has 0 spiro atoms. The summed E-state index contributed by atoms with van der Waals surface area (Å²) in [5.74, 6) is 5.73. The minimum atomic E-state index is 0.516. The lowest BCUT2D eigenvalue weighted by Crippen LogP contribution is -2.50. The van der Waals surface area contributed by atoms with Crippen molar-refractivity contribution in [2.24, 2.45) is 46.3 Å². The highest BCUT2D eigenvalue weighted by Gasteiger charge is 2.58. The van der Waals surface area contributed by atoms with Gasteiger partial charge in [0.25, 0.3) is 0 Å². The van der Waals surface area contributed by atoms with E-state index >= 15 is 0 Å². The monoisotopic (exact) mass is 438 g/mol. The fourth-order valence-corrected chi connectivity index (χ4v) is 9.30. The van der Waals surface area contributed by atoms with Crippen molar-refractivity contribution in [3.8, 4) is 0 Å². The van der Waals surface area contributed by atoms with Crippen molar-refractivity contribution in [2.45, 2.75) is 131 Å². The van der Waals surface area contributed by atoms with Gasteiger partial charge in [-0.15, -0.1) is 0 Å². The first kappa shape index (κ1) is 24.6. The molecule has 0 aromatic carbocycles. The van der Waals surface area contributed by atoms with Crippen LogP contribution in [-0.4, -0.2) is 0 Å². The van der Waals surface area contributed by atoms with E-state index < -0.39 is 0 Å². The van der Waals surface area contributed by atoms with Crippen LogP contribution in [0.3, 0.4) is 0 Å². The van der Waals surface area contributed by atoms with Gasteiger partial charge in [0.2, 0.25) is 0 Å². The van der Waals surface area contributed by atoms with Gasteiger partial charge in [-0.05, 0) is 117 Å². The van der Waals surface area contributed by atoms with Gasteiger partial charge in [0, 0.05) is 0 Å². The molecule has 4 aliphatic carbocycles. The summed E-state index contributed by atoms with van der Waals surface area (Å²) in [7, 11) is 0. The Kier molecular flexibility index (Phi) is 7.68. The van der Waals surface area contributed by atoms with Gasteiger partial charge in [-0.1, -0.05) is 84.1 Å². The predicted molar refractivity (Wildman–Crippen MR) is 141 cm³/mol. The van der Waals surface area contributed by atoms with Crippen LogP contribution in [0.4, 0.5) is 0 Å². The van der Waals surface area contributed by atoms with Gasteiger partial charge in [-0.2, -0.15) is 0 Å². The summed E-state index contributed by atoms with van der Waals surface area (Å²) in [5, 5.41) is 0. The Labute approximate surface area is 201 Å². The van der Waals surface area contributed by atoms with Gasteiger partial charge in [0.1, 0.15) is 0 Å². The summed E-state index contributed by atoms with van der Waals surface area (Å²) in [6.45, 7) is 16.9. The van der Waals surface area contributed by atoms with Crippen LogP contribution in [0.1, 0.15) is 131 Å². The van der Waals surface area contributed by atoms with Gasteiger partial charge in [0.15, 0.2) is 0 Å². The Morgan fingerprint density at radius 1 is 1.06 bits per heavy atom. The van der Waals surface area contributed by atoms with Crippen LogP contribution in [-0.2, 0) is 0 Å². The van der Waals surface area contributed by atoms with Crippen LogP contribution >= 0.6 is 0 Å². The topological polar surface area (TPSA) is 0 Å². The molecule has 0 radical (unpaired) electrons. The van der Waals surface area contributed by atoms with Gasteiger partial charge in [0.05, 0.1) is 0 Å². The molecule has 0 nitrogen and oxygen atoms in total. The molecule has 0 bridgehead atoms. The SMILES string of the molecule is C=C(CCC)CC1CCC2(C)C(=CCC3C2CCC2(C)C(CCCCC(C)C)CCC32)C1. The Morgan fingerprint density at radius 2 is 1.88 bits per heavy atom. The number of fused-ring (bicyclic) bond motifs is 5. The van der Waals surface area contributed by atoms with E-state index in [1.165, 1.54) is 102 Å². The van der Waals surface area contributed by atoms with E-state index in [1.807, 2.05) is 5.57 Å². The molecule has 0 saturated heterocycles. The van der Waals surface area contributed by atoms with E-state index in [0.717, 1.165) is 35.5 Å². The highest BCUT2D eigenvalue weighted by Crippen LogP contribution is 2.67. The minimum Gasteiger partial charge on any atom is -0.0999 e. The van der Waals surface area contributed by atoms with Crippen molar-refractivity contribution in [2.75, 3.05) is 0 Å². The fourth-order valence-electron chi connectivity index (χ4n) is 9.30. The summed E-state index contributed by atoms with van der Waals surface area (Å²) < 4.78 is 0. The van der Waals surface area contributed by atoms with Crippen molar-refractivity contribution < 1.29 is 0 Å². The molecule has 0 amide bonds. The molecule has 3 fully saturated rings. The lowest BCUT2D eigenvalue weighted by molar-refractivity contribution is -0.0455. The Balaban J connectivity index is 1.41. The maximum absolute atomic E-state index is 4.39. The van der Waals surface area contributed by atoms with Gasteiger partial charge >= 0.3 is 0 Å². The quantitative estimate of drug-likeness (QED) is 0.248. The highest BCUT2D eigenvalue weighted by atomic mass is 14.6. The van der Waals surface area contributed by atoms with Crippen molar-refractivity contribution >= 4 is 0 Å². The van der Waals surface area contributed by atoms with Crippen LogP contribution in [0.2, 0.25) is 0 Å². The Hall–Kier alpha value is -0.520. The lowest BCUT2D eigenvalue weighted by Gasteiger charge is -2.58. The summed E-state index contributed by atoms with van der Waals surface area (Å²) in [6.07, 6.45) is 24.2. The van der Waals surface area contributed by atoms with Crippen LogP contribution in [0.15, 0.2) is 23.8 Å². The van der Waals surface area contributed by atoms with Gasteiger partial charge in [-0.3, -0.25) is 0 Å². The number of unbranched alkanes of at least 4 members (excludes halogenated alkanes) is 1. The molecule has 7 atom stereocenters. The maximum atomic E-state index is 4.39. The third kappa shape index (κ3) is 4.68. The summed E-state index contributed by atoms with van der Waals surface area (Å²) in [5.41, 5.74) is 4.54. The molecule has 32 heavy (non-hydrogen) atoms. The molecule has 7 unspecified atom stereocenters. The fraction of sp³-hybridized carbons (Fsp3) is 0.875. The van der Waals surface area contributed by atoms with E-state index in [9.17, 15) is 0 Å². The third-order valence-electron chi connectivity index (χ3n) is 11.2. The molecule has 0 heteroatoms. The predicted octanol–water partition coefficient (Wildman–Crippen LogP) is 10.1. The van der Waals surface area contributed by atoms with Gasteiger partial charge in [-0.25, -0.2) is 0 Å². The van der Waals surface area contributed by atoms with E-state index in [2.05, 4.69) is 47.3 Å². The van der Waals surface area contributed by atoms with E-state index in [-0.39, 0.29) is 0 Å². The summed E-state index contributed by atoms with van der Waals surface area (Å²) in [4.78, 5) is 0. The zero-order valence-electron chi connectivity index (χ0n) is 22.4. The molecule has 182 valence electrons. The lowest BCUT2D eigenvalue weighted by atomic mass is 9.46. The molecule has 0 heterocycles. The first-order valence-corrected chi connectivity index (χ1v) is 14.6. The molecular weight excluding hydrogens is 384 g/mol. The second-order valence-corrected chi connectivity index (χ2v) is 13.6. The van der Waals surface area contributed by atoms with E-state index in [0.29, 0.717) is 10.8 Å². The largest absolute Gasteiger partial charge is 0.0999 e. The average molecular weight is 439 g/mol. The molecule has 3 saturated carbocycles. The van der Waals surface area contributed by atoms with Crippen molar-refractivity contribution in [1.29, 1.82) is 0 Å².